The summed E-state index contributed by atoms with van der Waals surface area (Å²) in [5, 5.41) is 2.57. The Kier molecular flexibility index (Phi) is 6.62. The van der Waals surface area contributed by atoms with Crippen molar-refractivity contribution < 1.29 is 14.3 Å². The number of amides is 1. The fourth-order valence-electron chi connectivity index (χ4n) is 3.98. The molecule has 0 spiro atoms. The number of carbonyl (C=O) groups is 1. The van der Waals surface area contributed by atoms with Crippen molar-refractivity contribution in [3.05, 3.63) is 114 Å². The highest BCUT2D eigenvalue weighted by molar-refractivity contribution is 5.92. The third-order valence-corrected chi connectivity index (χ3v) is 5.88. The number of hydrogen-bond donors (Lipinski definition) is 1. The number of carbonyl (C=O) groups excluding carboxylic acids is 1. The summed E-state index contributed by atoms with van der Waals surface area (Å²) in [5.41, 5.74) is 4.39. The van der Waals surface area contributed by atoms with Gasteiger partial charge >= 0.3 is 0 Å². The topological polar surface area (TPSA) is 78.3 Å². The minimum atomic E-state index is -0.264. The lowest BCUT2D eigenvalue weighted by molar-refractivity contribution is 0.0958. The predicted molar refractivity (Wildman–Crippen MR) is 138 cm³/mol. The van der Waals surface area contributed by atoms with Gasteiger partial charge in [0, 0.05) is 38.8 Å². The molecule has 0 unspecified atom stereocenters. The van der Waals surface area contributed by atoms with Gasteiger partial charge in [-0.05, 0) is 41.5 Å². The van der Waals surface area contributed by atoms with Crippen LogP contribution in [-0.4, -0.2) is 27.5 Å². The highest BCUT2D eigenvalue weighted by Gasteiger charge is 2.12. The van der Waals surface area contributed by atoms with Gasteiger partial charge < -0.3 is 19.4 Å². The van der Waals surface area contributed by atoms with Gasteiger partial charge in [0.1, 0.15) is 35.4 Å². The Bertz CT molecular complexity index is 1510. The van der Waals surface area contributed by atoms with Crippen LogP contribution in [0.5, 0.6) is 17.2 Å². The molecule has 0 aliphatic carbocycles. The van der Waals surface area contributed by atoms with Crippen molar-refractivity contribution in [1.29, 1.82) is 0 Å². The summed E-state index contributed by atoms with van der Waals surface area (Å²) in [6.45, 7) is 0.529. The normalized spacial score (nSPS) is 10.8. The maximum atomic E-state index is 11.9. The lowest BCUT2D eigenvalue weighted by Crippen LogP contribution is -2.18. The number of nitrogens with zero attached hydrogens (tertiary/aromatic N) is 3. The summed E-state index contributed by atoms with van der Waals surface area (Å²) in [6, 6.07) is 27.4. The molecule has 7 nitrogen and oxygen atoms in total. The minimum Gasteiger partial charge on any atom is -0.489 e. The fourth-order valence-corrected chi connectivity index (χ4v) is 3.98. The fraction of sp³-hybridized carbons (Fsp3) is 0.138. The summed E-state index contributed by atoms with van der Waals surface area (Å²) in [4.78, 5) is 20.8. The van der Waals surface area contributed by atoms with Crippen LogP contribution in [0.25, 0.3) is 11.0 Å². The van der Waals surface area contributed by atoms with E-state index in [-0.39, 0.29) is 5.91 Å². The van der Waals surface area contributed by atoms with Crippen molar-refractivity contribution in [2.45, 2.75) is 13.0 Å². The van der Waals surface area contributed by atoms with Crippen LogP contribution in [-0.2, 0) is 20.1 Å². The molecule has 2 aromatic heterocycles. The largest absolute Gasteiger partial charge is 0.489 e. The van der Waals surface area contributed by atoms with Crippen LogP contribution in [0.1, 0.15) is 27.4 Å². The Morgan fingerprint density at radius 2 is 1.69 bits per heavy atom. The molecule has 7 heteroatoms. The van der Waals surface area contributed by atoms with Crippen molar-refractivity contribution in [1.82, 2.24) is 19.9 Å². The molecule has 0 fully saturated rings. The van der Waals surface area contributed by atoms with Crippen LogP contribution in [0.2, 0.25) is 0 Å². The second-order valence-electron chi connectivity index (χ2n) is 8.39. The lowest BCUT2D eigenvalue weighted by Gasteiger charge is -2.08. The quantitative estimate of drug-likeness (QED) is 0.328. The Balaban J connectivity index is 1.32. The molecule has 0 atom stereocenters. The van der Waals surface area contributed by atoms with Gasteiger partial charge in [-0.25, -0.2) is 4.98 Å². The number of imidazole rings is 1. The zero-order valence-corrected chi connectivity index (χ0v) is 20.1. The molecule has 5 aromatic rings. The molecule has 1 N–H and O–H groups in total. The van der Waals surface area contributed by atoms with E-state index in [1.807, 2.05) is 55.6 Å². The predicted octanol–water partition coefficient (Wildman–Crippen LogP) is 5.29. The van der Waals surface area contributed by atoms with E-state index in [0.717, 1.165) is 33.7 Å². The smallest absolute Gasteiger partial charge is 0.269 e. The first-order valence-electron chi connectivity index (χ1n) is 11.7. The van der Waals surface area contributed by atoms with Crippen LogP contribution < -0.4 is 14.8 Å². The van der Waals surface area contributed by atoms with Gasteiger partial charge in [-0.3, -0.25) is 9.78 Å². The number of aromatic nitrogens is 3. The number of aryl methyl sites for hydroxylation is 1. The molecular formula is C29H26N4O3. The van der Waals surface area contributed by atoms with Crippen molar-refractivity contribution >= 4 is 16.9 Å². The van der Waals surface area contributed by atoms with E-state index in [0.29, 0.717) is 30.2 Å². The lowest BCUT2D eigenvalue weighted by atomic mass is 10.1. The SMILES string of the molecule is CNC(=O)c1cc(Oc2ccc3c(c2)nc(Cc2cccc(OCc4ccccc4)c2)n3C)ccn1. The Morgan fingerprint density at radius 1 is 0.889 bits per heavy atom. The molecule has 1 amide bonds. The van der Waals surface area contributed by atoms with Gasteiger partial charge in [-0.1, -0.05) is 42.5 Å². The molecule has 5 rings (SSSR count). The molecule has 0 saturated heterocycles. The monoisotopic (exact) mass is 478 g/mol. The van der Waals surface area contributed by atoms with Crippen LogP contribution >= 0.6 is 0 Å². The second-order valence-corrected chi connectivity index (χ2v) is 8.39. The van der Waals surface area contributed by atoms with Crippen molar-refractivity contribution in [3.63, 3.8) is 0 Å². The molecule has 3 aromatic carbocycles. The third-order valence-electron chi connectivity index (χ3n) is 5.88. The molecule has 0 aliphatic heterocycles. The molecule has 0 bridgehead atoms. The number of pyridine rings is 1. The van der Waals surface area contributed by atoms with E-state index < -0.39 is 0 Å². The van der Waals surface area contributed by atoms with Crippen LogP contribution in [0.3, 0.4) is 0 Å². The zero-order valence-electron chi connectivity index (χ0n) is 20.1. The second kappa shape index (κ2) is 10.3. The Hall–Kier alpha value is -4.65. The zero-order chi connectivity index (χ0) is 24.9. The van der Waals surface area contributed by atoms with E-state index in [1.54, 1.807) is 25.4 Å². The summed E-state index contributed by atoms with van der Waals surface area (Å²) in [7, 11) is 3.58. The number of hydrogen-bond acceptors (Lipinski definition) is 5. The van der Waals surface area contributed by atoms with Crippen molar-refractivity contribution in [2.24, 2.45) is 7.05 Å². The van der Waals surface area contributed by atoms with Crippen LogP contribution in [0, 0.1) is 0 Å². The van der Waals surface area contributed by atoms with Crippen LogP contribution in [0.4, 0.5) is 0 Å². The first-order chi connectivity index (χ1) is 17.6. The number of benzene rings is 3. The van der Waals surface area contributed by atoms with Gasteiger partial charge in [-0.15, -0.1) is 0 Å². The standard InChI is InChI=1S/C29H26N4O3/c1-30-29(34)26-18-24(13-14-31-26)36-23-11-12-27-25(17-23)32-28(33(27)2)16-21-9-6-10-22(15-21)35-19-20-7-4-3-5-8-20/h3-15,17-18H,16,19H2,1-2H3,(H,30,34). The van der Waals surface area contributed by atoms with E-state index in [4.69, 9.17) is 14.5 Å². The summed E-state index contributed by atoms with van der Waals surface area (Å²) in [5.74, 6) is 2.68. The first kappa shape index (κ1) is 23.1. The number of fused-ring (bicyclic) bond motifs is 1. The van der Waals surface area contributed by atoms with Gasteiger partial charge in [0.15, 0.2) is 0 Å². The van der Waals surface area contributed by atoms with Gasteiger partial charge in [0.25, 0.3) is 5.91 Å². The summed E-state index contributed by atoms with van der Waals surface area (Å²) >= 11 is 0. The van der Waals surface area contributed by atoms with E-state index in [2.05, 4.69) is 39.1 Å². The van der Waals surface area contributed by atoms with Gasteiger partial charge in [0.05, 0.1) is 11.0 Å². The van der Waals surface area contributed by atoms with E-state index in [9.17, 15) is 4.79 Å². The summed E-state index contributed by atoms with van der Waals surface area (Å²) < 4.78 is 14.1. The number of ether oxygens (including phenoxy) is 2. The Labute approximate surface area is 209 Å². The van der Waals surface area contributed by atoms with Crippen molar-refractivity contribution in [3.8, 4) is 17.2 Å². The van der Waals surface area contributed by atoms with E-state index >= 15 is 0 Å². The number of rotatable bonds is 8. The molecule has 2 heterocycles. The maximum Gasteiger partial charge on any atom is 0.269 e. The van der Waals surface area contributed by atoms with Crippen LogP contribution in [0.15, 0.2) is 91.1 Å². The maximum absolute atomic E-state index is 11.9. The summed E-state index contributed by atoms with van der Waals surface area (Å²) in [6.07, 6.45) is 2.22. The molecule has 36 heavy (non-hydrogen) atoms. The number of nitrogens with one attached hydrogen (secondary N) is 1. The highest BCUT2D eigenvalue weighted by atomic mass is 16.5. The molecule has 0 radical (unpaired) electrons. The van der Waals surface area contributed by atoms with E-state index in [1.165, 1.54) is 0 Å². The average molecular weight is 479 g/mol. The molecule has 180 valence electrons. The molecule has 0 saturated carbocycles. The molecular weight excluding hydrogens is 452 g/mol. The first-order valence-corrected chi connectivity index (χ1v) is 11.7. The third kappa shape index (κ3) is 5.20. The van der Waals surface area contributed by atoms with Gasteiger partial charge in [-0.2, -0.15) is 0 Å². The average Bonchev–Trinajstić information content (AvgIpc) is 3.22. The highest BCUT2D eigenvalue weighted by Crippen LogP contribution is 2.27. The minimum absolute atomic E-state index is 0.264. The van der Waals surface area contributed by atoms with Crippen molar-refractivity contribution in [2.75, 3.05) is 7.05 Å². The van der Waals surface area contributed by atoms with Gasteiger partial charge in [0.2, 0.25) is 0 Å². The Morgan fingerprint density at radius 3 is 2.53 bits per heavy atom. The molecule has 0 aliphatic rings.